The summed E-state index contributed by atoms with van der Waals surface area (Å²) >= 11 is 0. The van der Waals surface area contributed by atoms with Crippen molar-refractivity contribution in [3.63, 3.8) is 0 Å². The van der Waals surface area contributed by atoms with E-state index in [1.807, 2.05) is 0 Å². The molecule has 0 rings (SSSR count). The maximum absolute atomic E-state index is 10.5. The molecule has 0 aliphatic carbocycles. The summed E-state index contributed by atoms with van der Waals surface area (Å²) in [5.41, 5.74) is 0. The normalized spacial score (nSPS) is 12.8. The molecule has 2 unspecified atom stereocenters. The number of aliphatic hydroxyl groups excluding tert-OH is 1. The molecule has 0 heterocycles. The van der Waals surface area contributed by atoms with Crippen LogP contribution in [-0.4, -0.2) is 93.5 Å². The van der Waals surface area contributed by atoms with Crippen LogP contribution in [0.5, 0.6) is 0 Å². The predicted molar refractivity (Wildman–Crippen MR) is 49.2 cm³/mol. The van der Waals surface area contributed by atoms with Gasteiger partial charge in [0.25, 0.3) is 0 Å². The molecule has 0 saturated heterocycles. The number of aliphatic hydroxyl groups is 1. The zero-order valence-electron chi connectivity index (χ0n) is 6.27. The summed E-state index contributed by atoms with van der Waals surface area (Å²) in [4.78, 5) is 20.6. The van der Waals surface area contributed by atoms with E-state index in [1.54, 1.807) is 0 Å². The molecule has 7 heteroatoms. The maximum atomic E-state index is 10.5. The summed E-state index contributed by atoms with van der Waals surface area (Å²) in [5, 5.41) is 16.8. The first-order valence-electron chi connectivity index (χ1n) is 3.06. The van der Waals surface area contributed by atoms with Crippen molar-refractivity contribution in [2.45, 2.75) is 26.1 Å². The third-order valence-electron chi connectivity index (χ3n) is 0.982. The van der Waals surface area contributed by atoms with Crippen LogP contribution >= 0.6 is 0 Å². The van der Waals surface area contributed by atoms with E-state index in [4.69, 9.17) is 10.2 Å². The van der Waals surface area contributed by atoms with Crippen LogP contribution in [0.4, 0.5) is 0 Å². The molecular weight excluding hydrogens is 198 g/mol. The Morgan fingerprint density at radius 3 is 1.85 bits per heavy atom. The van der Waals surface area contributed by atoms with Crippen LogP contribution in [0.2, 0.25) is 0 Å². The van der Waals surface area contributed by atoms with Crippen molar-refractivity contribution in [1.82, 2.24) is 0 Å². The molecule has 0 aromatic carbocycles. The Hall–Kier alpha value is 0.900. The van der Waals surface area contributed by atoms with Gasteiger partial charge in [0.1, 0.15) is 6.10 Å². The molecule has 0 fully saturated rings. The van der Waals surface area contributed by atoms with Crippen molar-refractivity contribution in [2.24, 2.45) is 0 Å². The van der Waals surface area contributed by atoms with Crippen LogP contribution in [-0.2, 0) is 14.3 Å². The van der Waals surface area contributed by atoms with E-state index < -0.39 is 24.1 Å². The van der Waals surface area contributed by atoms with Gasteiger partial charge in [0.15, 0.2) is 6.10 Å². The molecule has 2 N–H and O–H groups in total. The number of carbonyl (C=O) groups excluding carboxylic acids is 1. The average Bonchev–Trinajstić information content (AvgIpc) is 1.87. The summed E-state index contributed by atoms with van der Waals surface area (Å²) in [6.07, 6.45) is -2.49. The fraction of sp³-hybridized carbons (Fsp3) is 0.667. The van der Waals surface area contributed by atoms with Crippen LogP contribution in [0.15, 0.2) is 0 Å². The Morgan fingerprint density at radius 1 is 1.23 bits per heavy atom. The van der Waals surface area contributed by atoms with Gasteiger partial charge in [-0.15, -0.1) is 0 Å². The van der Waals surface area contributed by atoms with Gasteiger partial charge in [-0.05, 0) is 13.8 Å². The second-order valence-electron chi connectivity index (χ2n) is 2.09. The average molecular weight is 210 g/mol. The predicted octanol–water partition coefficient (Wildman–Crippen LogP) is -1.91. The van der Waals surface area contributed by atoms with Crippen molar-refractivity contribution in [2.75, 3.05) is 0 Å². The summed E-state index contributed by atoms with van der Waals surface area (Å²) < 4.78 is 4.28. The SMILES string of the molecule is CC(O)C(=O)OC(C)C(=O)O.[NaH].[NaH]. The first-order chi connectivity index (χ1) is 4.95. The van der Waals surface area contributed by atoms with Crippen molar-refractivity contribution in [3.05, 3.63) is 0 Å². The molecule has 13 heavy (non-hydrogen) atoms. The Morgan fingerprint density at radius 2 is 1.62 bits per heavy atom. The van der Waals surface area contributed by atoms with Gasteiger partial charge in [0, 0.05) is 0 Å². The standard InChI is InChI=1S/C6H10O5.2Na.2H/c1-3(7)6(10)11-4(2)5(8)9;;;;/h3-4,7H,1-2H3,(H,8,9);;;;. The van der Waals surface area contributed by atoms with Gasteiger partial charge in [0.2, 0.25) is 0 Å². The number of esters is 1. The van der Waals surface area contributed by atoms with Crippen LogP contribution < -0.4 is 0 Å². The fourth-order valence-corrected chi connectivity index (χ4v) is 0.323. The Labute approximate surface area is 120 Å². The Bertz CT molecular complexity index is 170. The molecule has 68 valence electrons. The third kappa shape index (κ3) is 9.21. The van der Waals surface area contributed by atoms with Crippen molar-refractivity contribution in [3.8, 4) is 0 Å². The van der Waals surface area contributed by atoms with Crippen LogP contribution in [0.25, 0.3) is 0 Å². The summed E-state index contributed by atoms with van der Waals surface area (Å²) in [6.45, 7) is 2.42. The molecule has 0 aliphatic heterocycles. The van der Waals surface area contributed by atoms with E-state index in [0.29, 0.717) is 0 Å². The summed E-state index contributed by atoms with van der Waals surface area (Å²) in [5.74, 6) is -2.17. The van der Waals surface area contributed by atoms with Gasteiger partial charge >= 0.3 is 71.1 Å². The molecule has 5 nitrogen and oxygen atoms in total. The monoisotopic (exact) mass is 210 g/mol. The summed E-state index contributed by atoms with van der Waals surface area (Å²) in [7, 11) is 0. The number of aliphatic carboxylic acids is 1. The van der Waals surface area contributed by atoms with Crippen molar-refractivity contribution < 1.29 is 24.5 Å². The van der Waals surface area contributed by atoms with E-state index in [2.05, 4.69) is 4.74 Å². The van der Waals surface area contributed by atoms with Crippen LogP contribution in [0.3, 0.4) is 0 Å². The van der Waals surface area contributed by atoms with Gasteiger partial charge in [-0.25, -0.2) is 9.59 Å². The third-order valence-corrected chi connectivity index (χ3v) is 0.982. The Balaban J connectivity index is -0.000000500. The number of hydrogen-bond acceptors (Lipinski definition) is 4. The van der Waals surface area contributed by atoms with Gasteiger partial charge in [-0.1, -0.05) is 0 Å². The van der Waals surface area contributed by atoms with E-state index in [-0.39, 0.29) is 59.1 Å². The molecule has 0 amide bonds. The van der Waals surface area contributed by atoms with Gasteiger partial charge in [-0.2, -0.15) is 0 Å². The van der Waals surface area contributed by atoms with E-state index in [9.17, 15) is 9.59 Å². The number of hydrogen-bond donors (Lipinski definition) is 2. The van der Waals surface area contributed by atoms with E-state index >= 15 is 0 Å². The Kier molecular flexibility index (Phi) is 14.2. The van der Waals surface area contributed by atoms with Crippen LogP contribution in [0.1, 0.15) is 13.8 Å². The molecule has 0 bridgehead atoms. The van der Waals surface area contributed by atoms with Gasteiger partial charge in [-0.3, -0.25) is 0 Å². The molecule has 0 aliphatic rings. The molecule has 2 atom stereocenters. The number of carboxylic acid groups (broad SMARTS) is 1. The van der Waals surface area contributed by atoms with Gasteiger partial charge in [0.05, 0.1) is 0 Å². The second kappa shape index (κ2) is 9.45. The molecule has 0 aromatic rings. The number of ether oxygens (including phenoxy) is 1. The first kappa shape index (κ1) is 19.5. The van der Waals surface area contributed by atoms with Gasteiger partial charge < -0.3 is 14.9 Å². The minimum absolute atomic E-state index is 0. The van der Waals surface area contributed by atoms with E-state index in [0.717, 1.165) is 0 Å². The number of carbonyl (C=O) groups is 2. The van der Waals surface area contributed by atoms with Crippen LogP contribution in [0, 0.1) is 0 Å². The topological polar surface area (TPSA) is 83.8 Å². The number of carboxylic acids is 1. The second-order valence-corrected chi connectivity index (χ2v) is 2.09. The molecule has 0 saturated carbocycles. The molecule has 0 spiro atoms. The first-order valence-corrected chi connectivity index (χ1v) is 3.06. The molecular formula is C6H12Na2O5. The quantitative estimate of drug-likeness (QED) is 0.419. The zero-order chi connectivity index (χ0) is 9.02. The van der Waals surface area contributed by atoms with Crippen molar-refractivity contribution >= 4 is 71.1 Å². The van der Waals surface area contributed by atoms with E-state index in [1.165, 1.54) is 13.8 Å². The zero-order valence-corrected chi connectivity index (χ0v) is 6.27. The minimum atomic E-state index is -1.28. The molecule has 0 radical (unpaired) electrons. The fourth-order valence-electron chi connectivity index (χ4n) is 0.323. The number of rotatable bonds is 3. The summed E-state index contributed by atoms with van der Waals surface area (Å²) in [6, 6.07) is 0. The van der Waals surface area contributed by atoms with Crippen molar-refractivity contribution in [1.29, 1.82) is 0 Å². The molecule has 0 aromatic heterocycles.